The predicted molar refractivity (Wildman–Crippen MR) is 74.8 cm³/mol. The van der Waals surface area contributed by atoms with Crippen LogP contribution in [0.15, 0.2) is 40.9 Å². The number of halogens is 1. The van der Waals surface area contributed by atoms with Crippen LogP contribution in [0.25, 0.3) is 0 Å². The van der Waals surface area contributed by atoms with E-state index in [0.717, 1.165) is 6.54 Å². The largest absolute Gasteiger partial charge is 0.297 e. The van der Waals surface area contributed by atoms with Crippen LogP contribution in [0, 0.1) is 6.92 Å². The summed E-state index contributed by atoms with van der Waals surface area (Å²) in [5, 5.41) is 0. The van der Waals surface area contributed by atoms with Gasteiger partial charge >= 0.3 is 0 Å². The standard InChI is InChI=1S/C13H14BrNOS/c1-10-13(14)7-12(17-10)8-15-16-9-11-5-3-2-4-6-11/h2-7,15H,8-9H2,1H3. The Morgan fingerprint density at radius 2 is 2.06 bits per heavy atom. The zero-order chi connectivity index (χ0) is 12.1. The highest BCUT2D eigenvalue weighted by molar-refractivity contribution is 9.10. The summed E-state index contributed by atoms with van der Waals surface area (Å²) in [6, 6.07) is 12.2. The third kappa shape index (κ3) is 3.92. The van der Waals surface area contributed by atoms with Gasteiger partial charge in [0.2, 0.25) is 0 Å². The molecule has 0 radical (unpaired) electrons. The van der Waals surface area contributed by atoms with Gasteiger partial charge in [0.25, 0.3) is 0 Å². The van der Waals surface area contributed by atoms with Gasteiger partial charge in [-0.05, 0) is 34.5 Å². The zero-order valence-electron chi connectivity index (χ0n) is 9.57. The number of hydroxylamine groups is 1. The van der Waals surface area contributed by atoms with Gasteiger partial charge < -0.3 is 0 Å². The summed E-state index contributed by atoms with van der Waals surface area (Å²) in [5.41, 5.74) is 4.15. The summed E-state index contributed by atoms with van der Waals surface area (Å²) < 4.78 is 1.17. The quantitative estimate of drug-likeness (QED) is 0.664. The average Bonchev–Trinajstić information content (AvgIpc) is 2.66. The van der Waals surface area contributed by atoms with Gasteiger partial charge in [0.15, 0.2) is 0 Å². The second kappa shape index (κ2) is 6.31. The maximum absolute atomic E-state index is 5.41. The number of nitrogens with one attached hydrogen (secondary N) is 1. The van der Waals surface area contributed by atoms with E-state index in [1.165, 1.54) is 19.8 Å². The van der Waals surface area contributed by atoms with E-state index in [4.69, 9.17) is 4.84 Å². The Bertz CT molecular complexity index is 450. The lowest BCUT2D eigenvalue weighted by molar-refractivity contribution is 0.0240. The van der Waals surface area contributed by atoms with Crippen molar-refractivity contribution >= 4 is 27.3 Å². The van der Waals surface area contributed by atoms with Crippen molar-refractivity contribution in [2.75, 3.05) is 0 Å². The van der Waals surface area contributed by atoms with Crippen molar-refractivity contribution in [1.82, 2.24) is 5.48 Å². The van der Waals surface area contributed by atoms with E-state index in [1.807, 2.05) is 30.3 Å². The minimum absolute atomic E-state index is 0.590. The fraction of sp³-hybridized carbons (Fsp3) is 0.231. The van der Waals surface area contributed by atoms with Crippen LogP contribution >= 0.6 is 27.3 Å². The van der Waals surface area contributed by atoms with E-state index in [-0.39, 0.29) is 0 Å². The lowest BCUT2D eigenvalue weighted by Gasteiger charge is -2.04. The Hall–Kier alpha value is -0.680. The monoisotopic (exact) mass is 311 g/mol. The first kappa shape index (κ1) is 12.8. The van der Waals surface area contributed by atoms with Crippen LogP contribution in [-0.4, -0.2) is 0 Å². The molecule has 0 bridgehead atoms. The highest BCUT2D eigenvalue weighted by Gasteiger charge is 2.02. The molecule has 0 aliphatic heterocycles. The molecule has 0 atom stereocenters. The molecule has 0 saturated carbocycles. The van der Waals surface area contributed by atoms with Gasteiger partial charge in [0.05, 0.1) is 13.2 Å². The second-order valence-corrected chi connectivity index (χ2v) is 5.91. The van der Waals surface area contributed by atoms with Gasteiger partial charge in [-0.25, -0.2) is 0 Å². The molecule has 0 aliphatic carbocycles. The number of hydrogen-bond acceptors (Lipinski definition) is 3. The van der Waals surface area contributed by atoms with Gasteiger partial charge in [-0.1, -0.05) is 30.3 Å². The van der Waals surface area contributed by atoms with Gasteiger partial charge in [0.1, 0.15) is 0 Å². The third-order valence-corrected chi connectivity index (χ3v) is 4.47. The van der Waals surface area contributed by atoms with Crippen LogP contribution in [0.1, 0.15) is 15.3 Å². The predicted octanol–water partition coefficient (Wildman–Crippen LogP) is 4.04. The van der Waals surface area contributed by atoms with E-state index in [2.05, 4.69) is 34.4 Å². The van der Waals surface area contributed by atoms with Crippen molar-refractivity contribution in [2.24, 2.45) is 0 Å². The van der Waals surface area contributed by atoms with Crippen LogP contribution in [0.3, 0.4) is 0 Å². The summed E-state index contributed by atoms with van der Waals surface area (Å²) in [6.07, 6.45) is 0. The van der Waals surface area contributed by atoms with E-state index in [1.54, 1.807) is 11.3 Å². The number of aryl methyl sites for hydroxylation is 1. The van der Waals surface area contributed by atoms with Crippen LogP contribution in [-0.2, 0) is 18.0 Å². The maximum Gasteiger partial charge on any atom is 0.0933 e. The van der Waals surface area contributed by atoms with E-state index in [9.17, 15) is 0 Å². The molecule has 0 unspecified atom stereocenters. The Kier molecular flexibility index (Phi) is 4.74. The summed E-state index contributed by atoms with van der Waals surface area (Å²) in [7, 11) is 0. The van der Waals surface area contributed by atoms with Gasteiger partial charge in [0, 0.05) is 14.2 Å². The van der Waals surface area contributed by atoms with Gasteiger partial charge in [-0.15, -0.1) is 11.3 Å². The van der Waals surface area contributed by atoms with Crippen molar-refractivity contribution in [3.63, 3.8) is 0 Å². The Morgan fingerprint density at radius 3 is 2.71 bits per heavy atom. The minimum atomic E-state index is 0.590. The number of hydrogen-bond donors (Lipinski definition) is 1. The molecule has 1 aromatic carbocycles. The molecule has 2 aromatic rings. The van der Waals surface area contributed by atoms with E-state index in [0.29, 0.717) is 6.61 Å². The third-order valence-electron chi connectivity index (χ3n) is 2.34. The minimum Gasteiger partial charge on any atom is -0.297 e. The maximum atomic E-state index is 5.41. The molecule has 1 N–H and O–H groups in total. The summed E-state index contributed by atoms with van der Waals surface area (Å²) in [6.45, 7) is 3.43. The first-order chi connectivity index (χ1) is 8.25. The first-order valence-corrected chi connectivity index (χ1v) is 7.00. The Morgan fingerprint density at radius 1 is 1.29 bits per heavy atom. The molecule has 0 amide bonds. The molecule has 4 heteroatoms. The molecule has 1 heterocycles. The molecule has 0 aliphatic rings. The van der Waals surface area contributed by atoms with E-state index < -0.39 is 0 Å². The Labute approximate surface area is 114 Å². The number of rotatable bonds is 5. The fourth-order valence-electron chi connectivity index (χ4n) is 1.44. The lowest BCUT2D eigenvalue weighted by Crippen LogP contribution is -2.12. The normalized spacial score (nSPS) is 10.7. The highest BCUT2D eigenvalue weighted by Crippen LogP contribution is 2.26. The van der Waals surface area contributed by atoms with E-state index >= 15 is 0 Å². The lowest BCUT2D eigenvalue weighted by atomic mass is 10.2. The molecule has 2 rings (SSSR count). The smallest absolute Gasteiger partial charge is 0.0933 e. The molecule has 2 nitrogen and oxygen atoms in total. The topological polar surface area (TPSA) is 21.3 Å². The number of thiophene rings is 1. The summed E-state index contributed by atoms with van der Waals surface area (Å²) in [4.78, 5) is 7.98. The number of benzene rings is 1. The highest BCUT2D eigenvalue weighted by atomic mass is 79.9. The van der Waals surface area contributed by atoms with Crippen LogP contribution in [0.5, 0.6) is 0 Å². The van der Waals surface area contributed by atoms with Gasteiger partial charge in [-0.2, -0.15) is 5.48 Å². The van der Waals surface area contributed by atoms with Crippen molar-refractivity contribution in [3.8, 4) is 0 Å². The first-order valence-electron chi connectivity index (χ1n) is 5.39. The molecule has 0 spiro atoms. The summed E-state index contributed by atoms with van der Waals surface area (Å²) in [5.74, 6) is 0. The summed E-state index contributed by atoms with van der Waals surface area (Å²) >= 11 is 5.27. The SMILES string of the molecule is Cc1sc(CNOCc2ccccc2)cc1Br. The zero-order valence-corrected chi connectivity index (χ0v) is 12.0. The van der Waals surface area contributed by atoms with Crippen molar-refractivity contribution < 1.29 is 4.84 Å². The van der Waals surface area contributed by atoms with Crippen LogP contribution in [0.2, 0.25) is 0 Å². The molecule has 90 valence electrons. The molecule has 0 fully saturated rings. The van der Waals surface area contributed by atoms with Crippen molar-refractivity contribution in [2.45, 2.75) is 20.1 Å². The van der Waals surface area contributed by atoms with Crippen molar-refractivity contribution in [1.29, 1.82) is 0 Å². The molecular formula is C13H14BrNOS. The van der Waals surface area contributed by atoms with Gasteiger partial charge in [-0.3, -0.25) is 4.84 Å². The molecule has 1 aromatic heterocycles. The van der Waals surface area contributed by atoms with Crippen LogP contribution < -0.4 is 5.48 Å². The average molecular weight is 312 g/mol. The molecule has 0 saturated heterocycles. The Balaban J connectivity index is 1.73. The van der Waals surface area contributed by atoms with Crippen molar-refractivity contribution in [3.05, 3.63) is 56.2 Å². The molecule has 17 heavy (non-hydrogen) atoms. The second-order valence-electron chi connectivity index (χ2n) is 3.71. The fourth-order valence-corrected chi connectivity index (χ4v) is 2.96. The van der Waals surface area contributed by atoms with Crippen LogP contribution in [0.4, 0.5) is 0 Å². The molecular weight excluding hydrogens is 298 g/mol.